The second kappa shape index (κ2) is 2.92. The highest BCUT2D eigenvalue weighted by atomic mass is 16.5. The monoisotopic (exact) mass is 178 g/mol. The Balaban J connectivity index is 2.39. The lowest BCUT2D eigenvalue weighted by atomic mass is 9.90. The first-order valence-electron chi connectivity index (χ1n) is 4.29. The van der Waals surface area contributed by atoms with Crippen molar-refractivity contribution in [3.8, 4) is 0 Å². The van der Waals surface area contributed by atoms with Crippen molar-refractivity contribution >= 4 is 11.6 Å². The Morgan fingerprint density at radius 1 is 1.23 bits per heavy atom. The van der Waals surface area contributed by atoms with Crippen LogP contribution in [0.3, 0.4) is 0 Å². The van der Waals surface area contributed by atoms with Gasteiger partial charge in [-0.1, -0.05) is 0 Å². The third kappa shape index (κ3) is 1.35. The third-order valence-electron chi connectivity index (χ3n) is 2.35. The van der Waals surface area contributed by atoms with Gasteiger partial charge >= 0.3 is 0 Å². The summed E-state index contributed by atoms with van der Waals surface area (Å²) in [7, 11) is 0. The minimum Gasteiger partial charge on any atom is -0.373 e. The molecule has 0 fully saturated rings. The quantitative estimate of drug-likeness (QED) is 0.515. The van der Waals surface area contributed by atoms with Gasteiger partial charge in [-0.05, 0) is 19.1 Å². The predicted octanol–water partition coefficient (Wildman–Crippen LogP) is 0.800. The van der Waals surface area contributed by atoms with Crippen LogP contribution < -0.4 is 0 Å². The lowest BCUT2D eigenvalue weighted by Gasteiger charge is -2.24. The number of rotatable bonds is 0. The largest absolute Gasteiger partial charge is 0.373 e. The van der Waals surface area contributed by atoms with Crippen LogP contribution in [0, 0.1) is 0 Å². The zero-order valence-electron chi connectivity index (χ0n) is 7.37. The van der Waals surface area contributed by atoms with Crippen LogP contribution in [0.2, 0.25) is 0 Å². The number of allylic oxidation sites excluding steroid dienone is 2. The molecule has 13 heavy (non-hydrogen) atoms. The molecule has 3 nitrogen and oxygen atoms in total. The standard InChI is InChI=1S/C10H10O3/c1-6-4-7-8(5-13-6)10(12)3-2-9(7)11/h2-3,6H,4-5H2,1H3/t6-/m0/s1. The van der Waals surface area contributed by atoms with E-state index >= 15 is 0 Å². The van der Waals surface area contributed by atoms with E-state index < -0.39 is 0 Å². The molecule has 0 saturated heterocycles. The second-order valence-corrected chi connectivity index (χ2v) is 3.34. The van der Waals surface area contributed by atoms with Crippen LogP contribution in [0.4, 0.5) is 0 Å². The Hall–Kier alpha value is -1.22. The number of carbonyl (C=O) groups excluding carboxylic acids is 2. The van der Waals surface area contributed by atoms with Gasteiger partial charge in [0.1, 0.15) is 0 Å². The van der Waals surface area contributed by atoms with E-state index in [2.05, 4.69) is 0 Å². The first-order valence-corrected chi connectivity index (χ1v) is 4.29. The van der Waals surface area contributed by atoms with Crippen molar-refractivity contribution in [2.45, 2.75) is 19.4 Å². The molecule has 0 aromatic heterocycles. The van der Waals surface area contributed by atoms with E-state index in [0.717, 1.165) is 0 Å². The minimum absolute atomic E-state index is 0.0373. The molecule has 68 valence electrons. The van der Waals surface area contributed by atoms with Gasteiger partial charge in [0.2, 0.25) is 0 Å². The molecule has 0 aromatic carbocycles. The molecule has 2 aliphatic rings. The van der Waals surface area contributed by atoms with Crippen LogP contribution in [-0.4, -0.2) is 24.3 Å². The molecular formula is C10H10O3. The van der Waals surface area contributed by atoms with E-state index in [1.54, 1.807) is 0 Å². The fourth-order valence-electron chi connectivity index (χ4n) is 1.60. The van der Waals surface area contributed by atoms with Crippen molar-refractivity contribution in [1.82, 2.24) is 0 Å². The topological polar surface area (TPSA) is 43.4 Å². The first-order chi connectivity index (χ1) is 6.18. The Morgan fingerprint density at radius 2 is 1.85 bits per heavy atom. The highest BCUT2D eigenvalue weighted by Gasteiger charge is 2.27. The van der Waals surface area contributed by atoms with Gasteiger partial charge in [-0.25, -0.2) is 0 Å². The number of ether oxygens (including phenoxy) is 1. The number of hydrogen-bond donors (Lipinski definition) is 0. The molecule has 1 atom stereocenters. The Kier molecular flexibility index (Phi) is 1.88. The molecule has 0 unspecified atom stereocenters. The molecule has 0 N–H and O–H groups in total. The van der Waals surface area contributed by atoms with Crippen LogP contribution in [0.25, 0.3) is 0 Å². The van der Waals surface area contributed by atoms with Crippen molar-refractivity contribution in [3.63, 3.8) is 0 Å². The highest BCUT2D eigenvalue weighted by molar-refractivity contribution is 6.20. The van der Waals surface area contributed by atoms with Crippen LogP contribution in [0.1, 0.15) is 13.3 Å². The Labute approximate surface area is 76.1 Å². The molecule has 0 spiro atoms. The van der Waals surface area contributed by atoms with Crippen molar-refractivity contribution in [3.05, 3.63) is 23.3 Å². The molecule has 3 heteroatoms. The third-order valence-corrected chi connectivity index (χ3v) is 2.35. The second-order valence-electron chi connectivity index (χ2n) is 3.34. The molecule has 0 bridgehead atoms. The molecule has 1 aliphatic carbocycles. The van der Waals surface area contributed by atoms with Gasteiger partial charge in [0.15, 0.2) is 11.6 Å². The molecule has 0 aromatic rings. The van der Waals surface area contributed by atoms with Gasteiger partial charge in [0.05, 0.1) is 12.7 Å². The van der Waals surface area contributed by atoms with Crippen LogP contribution in [-0.2, 0) is 14.3 Å². The molecule has 2 rings (SSSR count). The normalized spacial score (nSPS) is 27.9. The number of ketones is 2. The molecule has 0 amide bonds. The van der Waals surface area contributed by atoms with Gasteiger partial charge in [-0.2, -0.15) is 0 Å². The summed E-state index contributed by atoms with van der Waals surface area (Å²) in [6, 6.07) is 0. The maximum Gasteiger partial charge on any atom is 0.184 e. The van der Waals surface area contributed by atoms with Crippen molar-refractivity contribution in [2.24, 2.45) is 0 Å². The van der Waals surface area contributed by atoms with E-state index in [1.165, 1.54) is 12.2 Å². The van der Waals surface area contributed by atoms with Gasteiger partial charge in [0, 0.05) is 17.6 Å². The fourth-order valence-corrected chi connectivity index (χ4v) is 1.60. The SMILES string of the molecule is C[C@H]1CC2=C(CO1)C(=O)C=CC2=O. The molecule has 0 saturated carbocycles. The van der Waals surface area contributed by atoms with Gasteiger partial charge in [-0.3, -0.25) is 9.59 Å². The molecule has 1 aliphatic heterocycles. The summed E-state index contributed by atoms with van der Waals surface area (Å²) >= 11 is 0. The van der Waals surface area contributed by atoms with E-state index in [0.29, 0.717) is 17.6 Å². The Bertz CT molecular complexity index is 336. The molecule has 1 heterocycles. The summed E-state index contributed by atoms with van der Waals surface area (Å²) < 4.78 is 5.30. The van der Waals surface area contributed by atoms with Crippen LogP contribution in [0.5, 0.6) is 0 Å². The minimum atomic E-state index is -0.0819. The van der Waals surface area contributed by atoms with E-state index in [4.69, 9.17) is 4.74 Å². The molecular weight excluding hydrogens is 168 g/mol. The zero-order valence-corrected chi connectivity index (χ0v) is 7.37. The number of carbonyl (C=O) groups is 2. The van der Waals surface area contributed by atoms with E-state index in [9.17, 15) is 9.59 Å². The van der Waals surface area contributed by atoms with E-state index in [-0.39, 0.29) is 24.3 Å². The summed E-state index contributed by atoms with van der Waals surface area (Å²) in [5.74, 6) is -0.119. The lowest BCUT2D eigenvalue weighted by molar-refractivity contribution is -0.117. The average molecular weight is 178 g/mol. The summed E-state index contributed by atoms with van der Waals surface area (Å²) in [5, 5.41) is 0. The fraction of sp³-hybridized carbons (Fsp3) is 0.400. The van der Waals surface area contributed by atoms with Gasteiger partial charge in [0.25, 0.3) is 0 Å². The summed E-state index contributed by atoms with van der Waals surface area (Å²) in [6.07, 6.45) is 3.27. The summed E-state index contributed by atoms with van der Waals surface area (Å²) in [5.41, 5.74) is 1.19. The summed E-state index contributed by atoms with van der Waals surface area (Å²) in [6.45, 7) is 2.19. The van der Waals surface area contributed by atoms with Crippen LogP contribution >= 0.6 is 0 Å². The lowest BCUT2D eigenvalue weighted by Crippen LogP contribution is -2.27. The van der Waals surface area contributed by atoms with Crippen molar-refractivity contribution in [1.29, 1.82) is 0 Å². The predicted molar refractivity (Wildman–Crippen MR) is 46.2 cm³/mol. The van der Waals surface area contributed by atoms with Gasteiger partial charge < -0.3 is 4.74 Å². The number of hydrogen-bond acceptors (Lipinski definition) is 3. The van der Waals surface area contributed by atoms with Crippen LogP contribution in [0.15, 0.2) is 23.3 Å². The highest BCUT2D eigenvalue weighted by Crippen LogP contribution is 2.25. The van der Waals surface area contributed by atoms with Crippen molar-refractivity contribution in [2.75, 3.05) is 6.61 Å². The Morgan fingerprint density at radius 3 is 2.54 bits per heavy atom. The maximum atomic E-state index is 11.4. The van der Waals surface area contributed by atoms with E-state index in [1.807, 2.05) is 6.92 Å². The first kappa shape index (κ1) is 8.38. The summed E-state index contributed by atoms with van der Waals surface area (Å²) in [4.78, 5) is 22.7. The maximum absolute atomic E-state index is 11.4. The average Bonchev–Trinajstić information content (AvgIpc) is 2.12. The van der Waals surface area contributed by atoms with Crippen molar-refractivity contribution < 1.29 is 14.3 Å². The molecule has 0 radical (unpaired) electrons. The smallest absolute Gasteiger partial charge is 0.184 e. The van der Waals surface area contributed by atoms with Gasteiger partial charge in [-0.15, -0.1) is 0 Å². The zero-order chi connectivity index (χ0) is 9.42.